The quantitative estimate of drug-likeness (QED) is 0.826. The van der Waals surface area contributed by atoms with Gasteiger partial charge in [0.15, 0.2) is 0 Å². The summed E-state index contributed by atoms with van der Waals surface area (Å²) in [4.78, 5) is 11.7. The molecule has 0 aliphatic carbocycles. The Morgan fingerprint density at radius 3 is 2.65 bits per heavy atom. The highest BCUT2D eigenvalue weighted by molar-refractivity contribution is 6.19. The molecule has 0 spiro atoms. The summed E-state index contributed by atoms with van der Waals surface area (Å²) < 4.78 is 13.3. The van der Waals surface area contributed by atoms with Gasteiger partial charge in [-0.2, -0.15) is 0 Å². The number of alkyl halides is 1. The Morgan fingerprint density at radius 2 is 2.12 bits per heavy atom. The van der Waals surface area contributed by atoms with Crippen molar-refractivity contribution < 1.29 is 9.18 Å². The SMILES string of the molecule is Cc1ccc(CNC(=O)C(C)(C)CCl)cc1F. The lowest BCUT2D eigenvalue weighted by Crippen LogP contribution is -2.37. The molecule has 4 heteroatoms. The first-order valence-corrected chi connectivity index (χ1v) is 5.99. The highest BCUT2D eigenvalue weighted by atomic mass is 35.5. The molecule has 0 saturated heterocycles. The fourth-order valence-corrected chi connectivity index (χ4v) is 1.35. The lowest BCUT2D eigenvalue weighted by Gasteiger charge is -2.20. The van der Waals surface area contributed by atoms with E-state index in [1.165, 1.54) is 6.07 Å². The summed E-state index contributed by atoms with van der Waals surface area (Å²) in [6.07, 6.45) is 0. The van der Waals surface area contributed by atoms with E-state index in [2.05, 4.69) is 5.32 Å². The topological polar surface area (TPSA) is 29.1 Å². The van der Waals surface area contributed by atoms with E-state index in [1.54, 1.807) is 32.9 Å². The summed E-state index contributed by atoms with van der Waals surface area (Å²) in [6, 6.07) is 4.93. The number of hydrogen-bond acceptors (Lipinski definition) is 1. The van der Waals surface area contributed by atoms with Gasteiger partial charge in [0.2, 0.25) is 5.91 Å². The molecule has 1 amide bonds. The van der Waals surface area contributed by atoms with Crippen LogP contribution in [0.3, 0.4) is 0 Å². The number of rotatable bonds is 4. The Bertz CT molecular complexity index is 418. The van der Waals surface area contributed by atoms with Gasteiger partial charge in [-0.3, -0.25) is 4.79 Å². The van der Waals surface area contributed by atoms with Crippen LogP contribution in [0.25, 0.3) is 0 Å². The first kappa shape index (κ1) is 14.0. The number of benzene rings is 1. The van der Waals surface area contributed by atoms with E-state index in [1.807, 2.05) is 0 Å². The number of halogens is 2. The standard InChI is InChI=1S/C13H17ClFNO/c1-9-4-5-10(6-11(9)15)7-16-12(17)13(2,3)8-14/h4-6H,7-8H2,1-3H3,(H,16,17). The van der Waals surface area contributed by atoms with Crippen LogP contribution in [0.15, 0.2) is 18.2 Å². The van der Waals surface area contributed by atoms with Gasteiger partial charge in [-0.05, 0) is 38.0 Å². The summed E-state index contributed by atoms with van der Waals surface area (Å²) in [5.41, 5.74) is 0.734. The minimum absolute atomic E-state index is 0.131. The van der Waals surface area contributed by atoms with Gasteiger partial charge in [0.25, 0.3) is 0 Å². The molecule has 0 unspecified atom stereocenters. The number of aryl methyl sites for hydroxylation is 1. The predicted octanol–water partition coefficient (Wildman–Crippen LogP) is 3.02. The number of carbonyl (C=O) groups is 1. The smallest absolute Gasteiger partial charge is 0.227 e. The number of nitrogens with one attached hydrogen (secondary N) is 1. The molecule has 0 fully saturated rings. The van der Waals surface area contributed by atoms with E-state index in [0.29, 0.717) is 12.1 Å². The van der Waals surface area contributed by atoms with E-state index in [0.717, 1.165) is 5.56 Å². The molecule has 0 atom stereocenters. The van der Waals surface area contributed by atoms with Crippen molar-refractivity contribution in [2.75, 3.05) is 5.88 Å². The lowest BCUT2D eigenvalue weighted by molar-refractivity contribution is -0.128. The molecule has 0 aliphatic heterocycles. The van der Waals surface area contributed by atoms with Gasteiger partial charge in [0.1, 0.15) is 5.82 Å². The van der Waals surface area contributed by atoms with Gasteiger partial charge in [-0.15, -0.1) is 11.6 Å². The number of carbonyl (C=O) groups excluding carboxylic acids is 1. The van der Waals surface area contributed by atoms with Crippen LogP contribution in [0.4, 0.5) is 4.39 Å². The minimum atomic E-state index is -0.606. The Kier molecular flexibility index (Phi) is 4.52. The van der Waals surface area contributed by atoms with Gasteiger partial charge < -0.3 is 5.32 Å². The fourth-order valence-electron chi connectivity index (χ4n) is 1.23. The van der Waals surface area contributed by atoms with Crippen LogP contribution in [0, 0.1) is 18.2 Å². The van der Waals surface area contributed by atoms with Crippen LogP contribution in [0.2, 0.25) is 0 Å². The molecule has 1 rings (SSSR count). The van der Waals surface area contributed by atoms with E-state index < -0.39 is 5.41 Å². The molecule has 0 radical (unpaired) electrons. The zero-order valence-corrected chi connectivity index (χ0v) is 11.1. The highest BCUT2D eigenvalue weighted by Gasteiger charge is 2.25. The largest absolute Gasteiger partial charge is 0.352 e. The van der Waals surface area contributed by atoms with Crippen molar-refractivity contribution in [3.8, 4) is 0 Å². The number of hydrogen-bond donors (Lipinski definition) is 1. The maximum Gasteiger partial charge on any atom is 0.227 e. The minimum Gasteiger partial charge on any atom is -0.352 e. The summed E-state index contributed by atoms with van der Waals surface area (Å²) in [7, 11) is 0. The highest BCUT2D eigenvalue weighted by Crippen LogP contribution is 2.17. The molecule has 0 saturated carbocycles. The average Bonchev–Trinajstić information content (AvgIpc) is 2.30. The van der Waals surface area contributed by atoms with Gasteiger partial charge in [-0.25, -0.2) is 4.39 Å². The molecule has 94 valence electrons. The van der Waals surface area contributed by atoms with E-state index >= 15 is 0 Å². The van der Waals surface area contributed by atoms with Crippen LogP contribution in [-0.2, 0) is 11.3 Å². The Hall–Kier alpha value is -1.09. The second kappa shape index (κ2) is 5.50. The molecule has 0 aliphatic rings. The Balaban J connectivity index is 2.62. The third-order valence-electron chi connectivity index (χ3n) is 2.64. The molecule has 0 aromatic heterocycles. The maximum absolute atomic E-state index is 13.3. The molecular formula is C13H17ClFNO. The monoisotopic (exact) mass is 257 g/mol. The second-order valence-electron chi connectivity index (χ2n) is 4.78. The summed E-state index contributed by atoms with van der Waals surface area (Å²) >= 11 is 5.69. The van der Waals surface area contributed by atoms with Gasteiger partial charge in [-0.1, -0.05) is 12.1 Å². The van der Waals surface area contributed by atoms with Gasteiger partial charge in [0.05, 0.1) is 5.41 Å². The van der Waals surface area contributed by atoms with Crippen LogP contribution < -0.4 is 5.32 Å². The fraction of sp³-hybridized carbons (Fsp3) is 0.462. The summed E-state index contributed by atoms with van der Waals surface area (Å²) in [5, 5.41) is 2.75. The Morgan fingerprint density at radius 1 is 1.47 bits per heavy atom. The van der Waals surface area contributed by atoms with Crippen LogP contribution in [-0.4, -0.2) is 11.8 Å². The average molecular weight is 258 g/mol. The van der Waals surface area contributed by atoms with Gasteiger partial charge >= 0.3 is 0 Å². The lowest BCUT2D eigenvalue weighted by atomic mass is 9.95. The molecule has 1 aromatic carbocycles. The molecule has 2 nitrogen and oxygen atoms in total. The summed E-state index contributed by atoms with van der Waals surface area (Å²) in [5.74, 6) is -0.136. The van der Waals surface area contributed by atoms with Crippen molar-refractivity contribution in [2.24, 2.45) is 5.41 Å². The molecule has 0 bridgehead atoms. The second-order valence-corrected chi connectivity index (χ2v) is 5.05. The van der Waals surface area contributed by atoms with Crippen LogP contribution in [0.1, 0.15) is 25.0 Å². The first-order valence-electron chi connectivity index (χ1n) is 5.46. The molecular weight excluding hydrogens is 241 g/mol. The Labute approximate surface area is 106 Å². The first-order chi connectivity index (χ1) is 7.86. The van der Waals surface area contributed by atoms with E-state index in [4.69, 9.17) is 11.6 Å². The predicted molar refractivity (Wildman–Crippen MR) is 67.5 cm³/mol. The third-order valence-corrected chi connectivity index (χ3v) is 3.31. The third kappa shape index (κ3) is 3.70. The zero-order chi connectivity index (χ0) is 13.1. The molecule has 17 heavy (non-hydrogen) atoms. The maximum atomic E-state index is 13.3. The van der Waals surface area contributed by atoms with Crippen LogP contribution in [0.5, 0.6) is 0 Å². The van der Waals surface area contributed by atoms with E-state index in [-0.39, 0.29) is 17.6 Å². The van der Waals surface area contributed by atoms with Crippen molar-refractivity contribution in [1.29, 1.82) is 0 Å². The number of amides is 1. The van der Waals surface area contributed by atoms with Crippen LogP contribution >= 0.6 is 11.6 Å². The normalized spacial score (nSPS) is 11.4. The van der Waals surface area contributed by atoms with Crippen molar-refractivity contribution in [3.05, 3.63) is 35.1 Å². The molecule has 1 aromatic rings. The van der Waals surface area contributed by atoms with Crippen molar-refractivity contribution in [3.63, 3.8) is 0 Å². The summed E-state index contributed by atoms with van der Waals surface area (Å²) in [6.45, 7) is 5.56. The zero-order valence-electron chi connectivity index (χ0n) is 10.3. The van der Waals surface area contributed by atoms with Crippen molar-refractivity contribution in [2.45, 2.75) is 27.3 Å². The van der Waals surface area contributed by atoms with E-state index in [9.17, 15) is 9.18 Å². The van der Waals surface area contributed by atoms with Crippen molar-refractivity contribution >= 4 is 17.5 Å². The van der Waals surface area contributed by atoms with Gasteiger partial charge in [0, 0.05) is 12.4 Å². The molecule has 0 heterocycles. The molecule has 1 N–H and O–H groups in total. The van der Waals surface area contributed by atoms with Crippen molar-refractivity contribution in [1.82, 2.24) is 5.32 Å².